The molecule has 1 aliphatic carbocycles. The summed E-state index contributed by atoms with van der Waals surface area (Å²) in [5.41, 5.74) is 3.99. The number of likely N-dealkylation sites (tertiary alicyclic amines) is 1. The van der Waals surface area contributed by atoms with Gasteiger partial charge in [0, 0.05) is 24.6 Å². The Labute approximate surface area is 156 Å². The monoisotopic (exact) mass is 358 g/mol. The summed E-state index contributed by atoms with van der Waals surface area (Å²) in [5.74, 6) is 2.69. The molecular formula is C21H30N2OS. The van der Waals surface area contributed by atoms with E-state index in [4.69, 9.17) is 0 Å². The van der Waals surface area contributed by atoms with Crippen LogP contribution >= 0.6 is 11.8 Å². The lowest BCUT2D eigenvalue weighted by atomic mass is 9.81. The van der Waals surface area contributed by atoms with Crippen molar-refractivity contribution in [3.63, 3.8) is 0 Å². The van der Waals surface area contributed by atoms with E-state index in [2.05, 4.69) is 34.9 Å². The molecule has 2 saturated heterocycles. The van der Waals surface area contributed by atoms with Gasteiger partial charge in [0.1, 0.15) is 0 Å². The number of thioether (sulfide) groups is 1. The average molecular weight is 359 g/mol. The highest BCUT2D eigenvalue weighted by atomic mass is 32.2. The first kappa shape index (κ1) is 17.4. The highest BCUT2D eigenvalue weighted by molar-refractivity contribution is 7.99. The first-order valence-electron chi connectivity index (χ1n) is 9.92. The van der Waals surface area contributed by atoms with Gasteiger partial charge in [-0.1, -0.05) is 23.8 Å². The highest BCUT2D eigenvalue weighted by Crippen LogP contribution is 2.35. The summed E-state index contributed by atoms with van der Waals surface area (Å²) in [6.07, 6.45) is 5.94. The average Bonchev–Trinajstić information content (AvgIpc) is 3.14. The van der Waals surface area contributed by atoms with Gasteiger partial charge in [-0.3, -0.25) is 4.79 Å². The Morgan fingerprint density at radius 1 is 1.20 bits per heavy atom. The zero-order valence-electron chi connectivity index (χ0n) is 15.4. The minimum Gasteiger partial charge on any atom is -0.336 e. The van der Waals surface area contributed by atoms with Crippen molar-refractivity contribution in [1.82, 2.24) is 9.80 Å². The smallest absolute Gasteiger partial charge is 0.230 e. The minimum absolute atomic E-state index is 0.0906. The van der Waals surface area contributed by atoms with Crippen LogP contribution < -0.4 is 0 Å². The van der Waals surface area contributed by atoms with E-state index in [0.29, 0.717) is 11.9 Å². The highest BCUT2D eigenvalue weighted by Gasteiger charge is 2.35. The van der Waals surface area contributed by atoms with Crippen molar-refractivity contribution in [2.24, 2.45) is 0 Å². The van der Waals surface area contributed by atoms with Gasteiger partial charge in [0.05, 0.1) is 12.0 Å². The van der Waals surface area contributed by atoms with Crippen molar-refractivity contribution in [3.05, 3.63) is 34.9 Å². The summed E-state index contributed by atoms with van der Waals surface area (Å²) in [6.45, 7) is 6.58. The molecule has 0 aromatic heterocycles. The number of fused-ring (bicyclic) bond motifs is 1. The van der Waals surface area contributed by atoms with Crippen LogP contribution in [0.15, 0.2) is 18.2 Å². The second kappa shape index (κ2) is 7.71. The van der Waals surface area contributed by atoms with Crippen LogP contribution in [0.1, 0.15) is 48.3 Å². The molecule has 4 heteroatoms. The second-order valence-corrected chi connectivity index (χ2v) is 9.06. The van der Waals surface area contributed by atoms with Crippen LogP contribution in [0.3, 0.4) is 0 Å². The fourth-order valence-corrected chi connectivity index (χ4v) is 5.78. The SMILES string of the molecule is Cc1ccc2c(c1)C(C(=O)N1CCSCC1CN1CCCC1)CCC2. The molecule has 3 aliphatic rings. The van der Waals surface area contributed by atoms with E-state index >= 15 is 0 Å². The van der Waals surface area contributed by atoms with Crippen LogP contribution in [0.2, 0.25) is 0 Å². The predicted octanol–water partition coefficient (Wildman–Crippen LogP) is 3.45. The quantitative estimate of drug-likeness (QED) is 0.827. The Bertz CT molecular complexity index is 626. The number of hydrogen-bond acceptors (Lipinski definition) is 3. The van der Waals surface area contributed by atoms with Gasteiger partial charge in [0.2, 0.25) is 5.91 Å². The summed E-state index contributed by atoms with van der Waals surface area (Å²) < 4.78 is 0. The van der Waals surface area contributed by atoms with Crippen LogP contribution in [0.25, 0.3) is 0 Å². The number of hydrogen-bond donors (Lipinski definition) is 0. The van der Waals surface area contributed by atoms with Gasteiger partial charge in [-0.05, 0) is 63.2 Å². The van der Waals surface area contributed by atoms with Crippen LogP contribution in [-0.2, 0) is 11.2 Å². The summed E-state index contributed by atoms with van der Waals surface area (Å²) in [4.78, 5) is 18.3. The molecule has 0 N–H and O–H groups in total. The lowest BCUT2D eigenvalue weighted by molar-refractivity contribution is -0.135. The Morgan fingerprint density at radius 2 is 2.04 bits per heavy atom. The molecule has 136 valence electrons. The zero-order chi connectivity index (χ0) is 17.2. The third-order valence-electron chi connectivity index (χ3n) is 6.09. The second-order valence-electron chi connectivity index (χ2n) is 7.92. The van der Waals surface area contributed by atoms with Crippen LogP contribution in [0, 0.1) is 6.92 Å². The Hall–Kier alpha value is -1.00. The maximum Gasteiger partial charge on any atom is 0.230 e. The molecule has 2 heterocycles. The third kappa shape index (κ3) is 3.75. The molecule has 1 amide bonds. The Balaban J connectivity index is 1.53. The molecule has 0 saturated carbocycles. The van der Waals surface area contributed by atoms with Gasteiger partial charge in [-0.25, -0.2) is 0 Å². The molecule has 4 rings (SSSR count). The molecule has 1 aromatic rings. The fourth-order valence-electron chi connectivity index (χ4n) is 4.73. The number of carbonyl (C=O) groups is 1. The van der Waals surface area contributed by atoms with Crippen LogP contribution in [0.4, 0.5) is 0 Å². The molecule has 1 aromatic carbocycles. The maximum absolute atomic E-state index is 13.5. The van der Waals surface area contributed by atoms with E-state index < -0.39 is 0 Å². The minimum atomic E-state index is 0.0906. The van der Waals surface area contributed by atoms with E-state index in [9.17, 15) is 4.79 Å². The number of carbonyl (C=O) groups excluding carboxylic acids is 1. The molecule has 0 spiro atoms. The van der Waals surface area contributed by atoms with Crippen molar-refractivity contribution in [2.75, 3.05) is 37.7 Å². The number of benzene rings is 1. The first-order chi connectivity index (χ1) is 12.2. The normalized spacial score (nSPS) is 27.3. The Kier molecular flexibility index (Phi) is 5.37. The van der Waals surface area contributed by atoms with E-state index in [-0.39, 0.29) is 5.92 Å². The fraction of sp³-hybridized carbons (Fsp3) is 0.667. The van der Waals surface area contributed by atoms with Crippen molar-refractivity contribution < 1.29 is 4.79 Å². The topological polar surface area (TPSA) is 23.6 Å². The summed E-state index contributed by atoms with van der Waals surface area (Å²) >= 11 is 2.02. The van der Waals surface area contributed by atoms with Crippen LogP contribution in [-0.4, -0.2) is 59.4 Å². The molecule has 2 atom stereocenters. The lowest BCUT2D eigenvalue weighted by Gasteiger charge is -2.40. The predicted molar refractivity (Wildman–Crippen MR) is 105 cm³/mol. The third-order valence-corrected chi connectivity index (χ3v) is 7.18. The number of rotatable bonds is 3. The summed E-state index contributed by atoms with van der Waals surface area (Å²) in [5, 5.41) is 0. The largest absolute Gasteiger partial charge is 0.336 e. The van der Waals surface area contributed by atoms with Gasteiger partial charge >= 0.3 is 0 Å². The molecule has 25 heavy (non-hydrogen) atoms. The zero-order valence-corrected chi connectivity index (χ0v) is 16.2. The molecular weight excluding hydrogens is 328 g/mol. The van der Waals surface area contributed by atoms with Gasteiger partial charge in [0.15, 0.2) is 0 Å². The van der Waals surface area contributed by atoms with Crippen molar-refractivity contribution in [2.45, 2.75) is 51.0 Å². The van der Waals surface area contributed by atoms with E-state index in [0.717, 1.165) is 43.9 Å². The van der Waals surface area contributed by atoms with Crippen molar-refractivity contribution in [3.8, 4) is 0 Å². The molecule has 0 radical (unpaired) electrons. The van der Waals surface area contributed by atoms with Crippen molar-refractivity contribution >= 4 is 17.7 Å². The molecule has 2 aliphatic heterocycles. The van der Waals surface area contributed by atoms with Gasteiger partial charge in [0.25, 0.3) is 0 Å². The van der Waals surface area contributed by atoms with E-state index in [1.54, 1.807) is 0 Å². The summed E-state index contributed by atoms with van der Waals surface area (Å²) in [7, 11) is 0. The first-order valence-corrected chi connectivity index (χ1v) is 11.1. The van der Waals surface area contributed by atoms with Crippen molar-refractivity contribution in [1.29, 1.82) is 0 Å². The van der Waals surface area contributed by atoms with Gasteiger partial charge < -0.3 is 9.80 Å². The summed E-state index contributed by atoms with van der Waals surface area (Å²) in [6, 6.07) is 7.11. The molecule has 3 nitrogen and oxygen atoms in total. The maximum atomic E-state index is 13.5. The number of nitrogens with zero attached hydrogens (tertiary/aromatic N) is 2. The number of amides is 1. The Morgan fingerprint density at radius 3 is 2.88 bits per heavy atom. The number of aryl methyl sites for hydroxylation is 2. The van der Waals surface area contributed by atoms with E-state index in [1.807, 2.05) is 11.8 Å². The molecule has 2 unspecified atom stereocenters. The molecule has 0 bridgehead atoms. The van der Waals surface area contributed by atoms with E-state index in [1.165, 1.54) is 42.6 Å². The van der Waals surface area contributed by atoms with Gasteiger partial charge in [-0.2, -0.15) is 11.8 Å². The standard InChI is InChI=1S/C21H30N2OS/c1-16-7-8-17-5-4-6-19(20(17)13-16)21(24)23-11-12-25-15-18(23)14-22-9-2-3-10-22/h7-8,13,18-19H,2-6,9-12,14-15H2,1H3. The lowest BCUT2D eigenvalue weighted by Crippen LogP contribution is -2.52. The molecule has 2 fully saturated rings. The van der Waals surface area contributed by atoms with Gasteiger partial charge in [-0.15, -0.1) is 0 Å². The van der Waals surface area contributed by atoms with Crippen LogP contribution in [0.5, 0.6) is 0 Å².